The summed E-state index contributed by atoms with van der Waals surface area (Å²) in [4.78, 5) is 10.4. The molecule has 32 heavy (non-hydrogen) atoms. The van der Waals surface area contributed by atoms with Crippen LogP contribution < -0.4 is 0 Å². The third-order valence-electron chi connectivity index (χ3n) is 5.67. The molecule has 152 valence electrons. The number of aromatic nitrogens is 4. The zero-order valence-electron chi connectivity index (χ0n) is 16.8. The monoisotopic (exact) mass is 496 g/mol. The number of thiazole rings is 1. The van der Waals surface area contributed by atoms with Crippen LogP contribution in [0.1, 0.15) is 0 Å². The molecule has 0 aliphatic rings. The summed E-state index contributed by atoms with van der Waals surface area (Å²) < 4.78 is 8.47. The summed E-state index contributed by atoms with van der Waals surface area (Å²) in [7, 11) is 0. The number of para-hydroxylation sites is 6. The predicted molar refractivity (Wildman–Crippen MR) is 135 cm³/mol. The predicted octanol–water partition coefficient (Wildman–Crippen LogP) is 6.40. The molecular weight excluding hydrogens is 479 g/mol. The van der Waals surface area contributed by atoms with Gasteiger partial charge in [0.25, 0.3) is 0 Å². The molecule has 0 aliphatic heterocycles. The molecule has 0 atom stereocenters. The van der Waals surface area contributed by atoms with Crippen LogP contribution in [0.3, 0.4) is 0 Å². The molecule has 4 heterocycles. The van der Waals surface area contributed by atoms with E-state index in [1.54, 1.807) is 11.3 Å². The molecule has 0 spiro atoms. The second-order valence-corrected chi connectivity index (χ2v) is 10.7. The van der Waals surface area contributed by atoms with Crippen LogP contribution in [-0.4, -0.2) is 33.3 Å². The van der Waals surface area contributed by atoms with Crippen molar-refractivity contribution in [2.45, 2.75) is 0 Å². The average molecular weight is 495 g/mol. The Labute approximate surface area is 192 Å². The number of fused-ring (bicyclic) bond motifs is 10. The van der Waals surface area contributed by atoms with Crippen molar-refractivity contribution in [3.63, 3.8) is 0 Å². The Hall–Kier alpha value is -3.44. The Balaban J connectivity index is 0.000000113. The Morgan fingerprint density at radius 2 is 1.16 bits per heavy atom. The van der Waals surface area contributed by atoms with Gasteiger partial charge in [0.1, 0.15) is 0 Å². The van der Waals surface area contributed by atoms with Crippen molar-refractivity contribution in [2.24, 2.45) is 0 Å². The number of imidazole rings is 2. The Morgan fingerprint density at radius 1 is 0.562 bits per heavy atom. The van der Waals surface area contributed by atoms with Crippen LogP contribution in [0, 0.1) is 0 Å². The van der Waals surface area contributed by atoms with E-state index in [4.69, 9.17) is 4.98 Å². The van der Waals surface area contributed by atoms with Crippen LogP contribution >= 0.6 is 11.3 Å². The molecule has 0 fully saturated rings. The van der Waals surface area contributed by atoms with Gasteiger partial charge in [0.05, 0.1) is 21.3 Å². The van der Waals surface area contributed by atoms with Gasteiger partial charge in [0.2, 0.25) is 0 Å². The van der Waals surface area contributed by atoms with E-state index in [9.17, 15) is 0 Å². The molecule has 0 saturated heterocycles. The SMILES string of the molecule is c1ccc2c(c1)nc1[se]c3ccccc3n12.c1ccc2c(c1)nc1sc3ccccc3n12. The summed E-state index contributed by atoms with van der Waals surface area (Å²) in [6.45, 7) is 0. The fourth-order valence-corrected chi connectivity index (χ4v) is 7.48. The van der Waals surface area contributed by atoms with E-state index in [1.165, 1.54) is 35.5 Å². The van der Waals surface area contributed by atoms with Gasteiger partial charge in [-0.1, -0.05) is 35.6 Å². The maximum absolute atomic E-state index is 4.70. The minimum Gasteiger partial charge on any atom is -0.283 e. The van der Waals surface area contributed by atoms with Crippen molar-refractivity contribution in [1.82, 2.24) is 18.8 Å². The molecule has 0 saturated carbocycles. The summed E-state index contributed by atoms with van der Waals surface area (Å²) in [6.07, 6.45) is 0. The molecule has 8 aromatic rings. The van der Waals surface area contributed by atoms with E-state index in [0.717, 1.165) is 16.0 Å². The quantitative estimate of drug-likeness (QED) is 0.228. The summed E-state index contributed by atoms with van der Waals surface area (Å²) in [5.74, 6) is 0. The zero-order chi connectivity index (χ0) is 21.1. The normalized spacial score (nSPS) is 11.8. The molecule has 0 N–H and O–H groups in total. The van der Waals surface area contributed by atoms with E-state index >= 15 is 0 Å². The van der Waals surface area contributed by atoms with Gasteiger partial charge in [-0.05, 0) is 24.3 Å². The zero-order valence-corrected chi connectivity index (χ0v) is 19.4. The molecule has 0 aliphatic carbocycles. The van der Waals surface area contributed by atoms with Crippen LogP contribution in [0.2, 0.25) is 0 Å². The molecular formula is C26H16N4SSe. The van der Waals surface area contributed by atoms with E-state index in [2.05, 4.69) is 98.7 Å². The second-order valence-electron chi connectivity index (χ2n) is 7.58. The first kappa shape index (κ1) is 18.2. The van der Waals surface area contributed by atoms with Crippen molar-refractivity contribution < 1.29 is 0 Å². The van der Waals surface area contributed by atoms with E-state index < -0.39 is 0 Å². The molecule has 0 amide bonds. The third-order valence-corrected chi connectivity index (χ3v) is 8.84. The smallest absolute Gasteiger partial charge is 0.195 e. The number of hydrogen-bond acceptors (Lipinski definition) is 3. The Morgan fingerprint density at radius 3 is 1.97 bits per heavy atom. The second kappa shape index (κ2) is 7.04. The minimum atomic E-state index is 0.357. The van der Waals surface area contributed by atoms with Gasteiger partial charge < -0.3 is 0 Å². The van der Waals surface area contributed by atoms with Gasteiger partial charge >= 0.3 is 97.8 Å². The maximum Gasteiger partial charge on any atom is 0.195 e. The fraction of sp³-hybridized carbons (Fsp3) is 0. The molecule has 4 aromatic heterocycles. The first-order valence-electron chi connectivity index (χ1n) is 10.4. The summed E-state index contributed by atoms with van der Waals surface area (Å²) >= 11 is 2.10. The molecule has 0 radical (unpaired) electrons. The molecule has 4 aromatic carbocycles. The van der Waals surface area contributed by atoms with Gasteiger partial charge in [-0.25, -0.2) is 4.98 Å². The van der Waals surface area contributed by atoms with Crippen LogP contribution in [0.15, 0.2) is 97.1 Å². The Kier molecular flexibility index (Phi) is 3.99. The first-order chi connectivity index (χ1) is 15.9. The summed E-state index contributed by atoms with van der Waals surface area (Å²) in [5, 5.41) is 0. The van der Waals surface area contributed by atoms with Crippen LogP contribution in [0.4, 0.5) is 0 Å². The van der Waals surface area contributed by atoms with Gasteiger partial charge in [-0.15, -0.1) is 0 Å². The topological polar surface area (TPSA) is 34.6 Å². The van der Waals surface area contributed by atoms with Crippen molar-refractivity contribution in [3.05, 3.63) is 97.1 Å². The number of benzene rings is 4. The molecule has 4 nitrogen and oxygen atoms in total. The minimum absolute atomic E-state index is 0.357. The van der Waals surface area contributed by atoms with Crippen molar-refractivity contribution in [3.8, 4) is 0 Å². The molecule has 6 heteroatoms. The largest absolute Gasteiger partial charge is 0.283 e. The molecule has 0 unspecified atom stereocenters. The number of nitrogens with zero attached hydrogens (tertiary/aromatic N) is 4. The van der Waals surface area contributed by atoms with Crippen molar-refractivity contribution >= 4 is 77.4 Å². The maximum atomic E-state index is 4.70. The van der Waals surface area contributed by atoms with E-state index in [-0.39, 0.29) is 0 Å². The van der Waals surface area contributed by atoms with Crippen LogP contribution in [0.25, 0.3) is 51.5 Å². The van der Waals surface area contributed by atoms with Crippen molar-refractivity contribution in [1.29, 1.82) is 0 Å². The van der Waals surface area contributed by atoms with Gasteiger partial charge in [-0.3, -0.25) is 4.40 Å². The fourth-order valence-electron chi connectivity index (χ4n) is 4.26. The van der Waals surface area contributed by atoms with Gasteiger partial charge in [0.15, 0.2) is 4.96 Å². The number of rotatable bonds is 0. The van der Waals surface area contributed by atoms with E-state index in [0.29, 0.717) is 14.5 Å². The van der Waals surface area contributed by atoms with Crippen LogP contribution in [-0.2, 0) is 0 Å². The summed E-state index contributed by atoms with van der Waals surface area (Å²) in [6, 6.07) is 33.6. The first-order valence-corrected chi connectivity index (χ1v) is 12.9. The standard InChI is InChI=1S/C13H8N2S.C13H8N2Se/c2*1-2-6-10-9(5-1)14-13-15(10)11-7-3-4-8-12(11)16-13/h2*1-8H. The number of hydrogen-bond donors (Lipinski definition) is 0. The molecule has 8 rings (SSSR count). The third kappa shape index (κ3) is 2.67. The van der Waals surface area contributed by atoms with Crippen LogP contribution in [0.5, 0.6) is 0 Å². The van der Waals surface area contributed by atoms with Gasteiger partial charge in [0, 0.05) is 0 Å². The Bertz CT molecular complexity index is 1630. The van der Waals surface area contributed by atoms with Gasteiger partial charge in [-0.2, -0.15) is 0 Å². The summed E-state index contributed by atoms with van der Waals surface area (Å²) in [5.41, 5.74) is 7.15. The molecule has 0 bridgehead atoms. The van der Waals surface area contributed by atoms with Crippen molar-refractivity contribution in [2.75, 3.05) is 0 Å². The average Bonchev–Trinajstić information content (AvgIpc) is 3.56. The van der Waals surface area contributed by atoms with E-state index in [1.807, 2.05) is 12.1 Å².